The maximum Gasteiger partial charge on any atom is 0.163 e. The summed E-state index contributed by atoms with van der Waals surface area (Å²) in [6.45, 7) is 3.19. The normalized spacial score (nSPS) is 14.0. The van der Waals surface area contributed by atoms with Gasteiger partial charge in [-0.15, -0.1) is 0 Å². The lowest BCUT2D eigenvalue weighted by molar-refractivity contribution is 0.101. The molecule has 0 fully saturated rings. The summed E-state index contributed by atoms with van der Waals surface area (Å²) in [4.78, 5) is 11.4. The van der Waals surface area contributed by atoms with Crippen LogP contribution in [-0.4, -0.2) is 19.4 Å². The van der Waals surface area contributed by atoms with Crippen molar-refractivity contribution in [3.63, 3.8) is 0 Å². The average molecular weight is 273 g/mol. The molecule has 2 rings (SSSR count). The van der Waals surface area contributed by atoms with Gasteiger partial charge in [0.2, 0.25) is 0 Å². The smallest absolute Gasteiger partial charge is 0.163 e. The van der Waals surface area contributed by atoms with Crippen LogP contribution in [0.1, 0.15) is 37.1 Å². The zero-order valence-electron chi connectivity index (χ0n) is 12.1. The van der Waals surface area contributed by atoms with Crippen LogP contribution in [-0.2, 0) is 6.54 Å². The number of hydrogen-bond acceptors (Lipinski definition) is 3. The van der Waals surface area contributed by atoms with Crippen LogP contribution in [0.2, 0.25) is 0 Å². The van der Waals surface area contributed by atoms with Crippen molar-refractivity contribution < 1.29 is 11.0 Å². The number of carbonyl (C=O) groups excluding carboxylic acids is 1. The minimum Gasteiger partial charge on any atom is -0.496 e. The van der Waals surface area contributed by atoms with Gasteiger partial charge in [0.15, 0.2) is 5.78 Å². The Hall–Kier alpha value is -1.87. The second-order valence-corrected chi connectivity index (χ2v) is 4.95. The highest BCUT2D eigenvalue weighted by Gasteiger charge is 2.08. The summed E-state index contributed by atoms with van der Waals surface area (Å²) in [7, 11) is 1.59. The van der Waals surface area contributed by atoms with Gasteiger partial charge in [-0.1, -0.05) is 24.3 Å². The van der Waals surface area contributed by atoms with Gasteiger partial charge in [-0.05, 0) is 43.0 Å². The van der Waals surface area contributed by atoms with Crippen molar-refractivity contribution in [1.82, 2.24) is 5.32 Å². The van der Waals surface area contributed by atoms with Crippen molar-refractivity contribution in [2.24, 2.45) is 0 Å². The van der Waals surface area contributed by atoms with E-state index in [2.05, 4.69) is 23.5 Å². The maximum absolute atomic E-state index is 11.4. The van der Waals surface area contributed by atoms with E-state index in [9.17, 15) is 4.79 Å². The molecule has 1 aromatic rings. The van der Waals surface area contributed by atoms with E-state index in [0.717, 1.165) is 31.5 Å². The van der Waals surface area contributed by atoms with Crippen LogP contribution in [0.25, 0.3) is 0 Å². The first-order valence-electron chi connectivity index (χ1n) is 6.95. The van der Waals surface area contributed by atoms with Gasteiger partial charge in [-0.2, -0.15) is 0 Å². The van der Waals surface area contributed by atoms with Crippen LogP contribution >= 0.6 is 0 Å². The molecule has 1 N–H and O–H groups in total. The zero-order valence-corrected chi connectivity index (χ0v) is 12.1. The number of benzene rings is 1. The largest absolute Gasteiger partial charge is 0.496 e. The fraction of sp³-hybridized carbons (Fsp3) is 0.353. The first-order valence-corrected chi connectivity index (χ1v) is 6.95. The molecular weight excluding hydrogens is 250 g/mol. The van der Waals surface area contributed by atoms with Crippen molar-refractivity contribution in [2.75, 3.05) is 13.7 Å². The Bertz CT molecular complexity index is 550. The second kappa shape index (κ2) is 7.06. The average Bonchev–Trinajstić information content (AvgIpc) is 2.48. The predicted octanol–water partition coefficient (Wildman–Crippen LogP) is 3.51. The number of hydrogen-bond donors (Lipinski definition) is 1. The molecule has 0 amide bonds. The lowest BCUT2D eigenvalue weighted by atomic mass is 10.1. The standard InChI is InChI=1S/C17H21NO2.H2/c1-13(19)16-9-8-15(10-17(16)20-2)12-18-11-14-6-4-3-5-7-14;/h4,6-10,18H,3,5,11-12H2,1-2H3;1H. The van der Waals surface area contributed by atoms with Crippen molar-refractivity contribution in [3.8, 4) is 5.75 Å². The Morgan fingerprint density at radius 1 is 1.35 bits per heavy atom. The molecule has 0 aromatic heterocycles. The minimum absolute atomic E-state index is 0. The highest BCUT2D eigenvalue weighted by Crippen LogP contribution is 2.20. The van der Waals surface area contributed by atoms with E-state index in [1.165, 1.54) is 5.57 Å². The van der Waals surface area contributed by atoms with E-state index in [4.69, 9.17) is 4.74 Å². The highest BCUT2D eigenvalue weighted by molar-refractivity contribution is 5.96. The van der Waals surface area contributed by atoms with Crippen LogP contribution in [0.3, 0.4) is 0 Å². The number of methoxy groups -OCH3 is 1. The van der Waals surface area contributed by atoms with E-state index in [1.54, 1.807) is 14.0 Å². The molecule has 108 valence electrons. The third-order valence-corrected chi connectivity index (χ3v) is 3.38. The van der Waals surface area contributed by atoms with Gasteiger partial charge in [-0.3, -0.25) is 4.79 Å². The summed E-state index contributed by atoms with van der Waals surface area (Å²) < 4.78 is 5.27. The second-order valence-electron chi connectivity index (χ2n) is 4.95. The van der Waals surface area contributed by atoms with E-state index in [-0.39, 0.29) is 7.21 Å². The Labute approximate surface area is 121 Å². The summed E-state index contributed by atoms with van der Waals surface area (Å²) in [5.41, 5.74) is 3.09. The Morgan fingerprint density at radius 2 is 2.20 bits per heavy atom. The van der Waals surface area contributed by atoms with Crippen molar-refractivity contribution >= 4 is 5.78 Å². The predicted molar refractivity (Wildman–Crippen MR) is 83.3 cm³/mol. The molecule has 1 aliphatic rings. The molecular formula is C17H23NO2. The van der Waals surface area contributed by atoms with Crippen molar-refractivity contribution in [3.05, 3.63) is 53.1 Å². The number of carbonyl (C=O) groups is 1. The van der Waals surface area contributed by atoms with Gasteiger partial charge in [0.05, 0.1) is 12.7 Å². The van der Waals surface area contributed by atoms with Gasteiger partial charge >= 0.3 is 0 Å². The molecule has 1 aromatic carbocycles. The molecule has 0 saturated heterocycles. The Balaban J connectivity index is 0.00000220. The zero-order chi connectivity index (χ0) is 14.4. The lowest BCUT2D eigenvalue weighted by Gasteiger charge is -2.11. The topological polar surface area (TPSA) is 38.3 Å². The van der Waals surface area contributed by atoms with Gasteiger partial charge in [0.25, 0.3) is 0 Å². The molecule has 0 heterocycles. The van der Waals surface area contributed by atoms with Crippen LogP contribution < -0.4 is 10.1 Å². The molecule has 0 radical (unpaired) electrons. The number of Topliss-reactive ketones (excluding diaryl/α,β-unsaturated/α-hetero) is 1. The Morgan fingerprint density at radius 3 is 2.85 bits per heavy atom. The first kappa shape index (κ1) is 14.5. The van der Waals surface area contributed by atoms with Crippen LogP contribution in [0.15, 0.2) is 42.0 Å². The van der Waals surface area contributed by atoms with Crippen LogP contribution in [0, 0.1) is 0 Å². The van der Waals surface area contributed by atoms with E-state index >= 15 is 0 Å². The molecule has 20 heavy (non-hydrogen) atoms. The summed E-state index contributed by atoms with van der Waals surface area (Å²) in [5, 5.41) is 3.41. The molecule has 0 spiro atoms. The fourth-order valence-corrected chi connectivity index (χ4v) is 2.29. The number of ketones is 1. The van der Waals surface area contributed by atoms with Crippen molar-refractivity contribution in [1.29, 1.82) is 0 Å². The molecule has 3 heteroatoms. The van der Waals surface area contributed by atoms with Gasteiger partial charge < -0.3 is 10.1 Å². The monoisotopic (exact) mass is 273 g/mol. The van der Waals surface area contributed by atoms with Gasteiger partial charge in [0.1, 0.15) is 5.75 Å². The molecule has 1 aliphatic carbocycles. The fourth-order valence-electron chi connectivity index (χ4n) is 2.29. The Kier molecular flexibility index (Phi) is 5.13. The summed E-state index contributed by atoms with van der Waals surface area (Å²) in [6.07, 6.45) is 8.94. The minimum atomic E-state index is 0. The molecule has 0 unspecified atom stereocenters. The third-order valence-electron chi connectivity index (χ3n) is 3.38. The first-order chi connectivity index (χ1) is 9.70. The van der Waals surface area contributed by atoms with Gasteiger partial charge in [0, 0.05) is 14.5 Å². The summed E-state index contributed by atoms with van der Waals surface area (Å²) in [6, 6.07) is 5.73. The number of allylic oxidation sites excluding steroid dienone is 2. The molecule has 0 atom stereocenters. The molecule has 3 nitrogen and oxygen atoms in total. The van der Waals surface area contributed by atoms with E-state index < -0.39 is 0 Å². The molecule has 0 aliphatic heterocycles. The molecule has 0 saturated carbocycles. The number of nitrogens with one attached hydrogen (secondary N) is 1. The summed E-state index contributed by atoms with van der Waals surface area (Å²) in [5.74, 6) is 0.674. The quantitative estimate of drug-likeness (QED) is 0.806. The van der Waals surface area contributed by atoms with Gasteiger partial charge in [-0.25, -0.2) is 0 Å². The molecule has 0 bridgehead atoms. The van der Waals surface area contributed by atoms with E-state index in [0.29, 0.717) is 11.3 Å². The summed E-state index contributed by atoms with van der Waals surface area (Å²) >= 11 is 0. The lowest BCUT2D eigenvalue weighted by Crippen LogP contribution is -2.16. The number of rotatable bonds is 6. The SMILES string of the molecule is COc1cc(CNCC2=CCCC=C2)ccc1C(C)=O.[HH]. The van der Waals surface area contributed by atoms with Crippen LogP contribution in [0.4, 0.5) is 0 Å². The third kappa shape index (κ3) is 3.81. The van der Waals surface area contributed by atoms with Crippen LogP contribution in [0.5, 0.6) is 5.75 Å². The maximum atomic E-state index is 11.4. The van der Waals surface area contributed by atoms with Crippen molar-refractivity contribution in [2.45, 2.75) is 26.3 Å². The van der Waals surface area contributed by atoms with E-state index in [1.807, 2.05) is 18.2 Å². The highest BCUT2D eigenvalue weighted by atomic mass is 16.5. The number of ether oxygens (including phenoxy) is 1.